The van der Waals surface area contributed by atoms with Gasteiger partial charge in [0.25, 0.3) is 0 Å². The summed E-state index contributed by atoms with van der Waals surface area (Å²) in [5, 5.41) is 16.5. The highest BCUT2D eigenvalue weighted by Gasteiger charge is 2.44. The highest BCUT2D eigenvalue weighted by atomic mass is 35.5. The molecule has 1 saturated heterocycles. The summed E-state index contributed by atoms with van der Waals surface area (Å²) in [6.45, 7) is 11.2. The number of benzene rings is 2. The number of carbonyl (C=O) groups excluding carboxylic acids is 4. The van der Waals surface area contributed by atoms with Gasteiger partial charge in [0, 0.05) is 31.8 Å². The first kappa shape index (κ1) is 46.3. The van der Waals surface area contributed by atoms with Crippen LogP contribution in [0.15, 0.2) is 41.9 Å². The number of amides is 4. The molecule has 12 nitrogen and oxygen atoms in total. The van der Waals surface area contributed by atoms with Crippen LogP contribution in [0.25, 0.3) is 10.4 Å². The molecule has 0 spiro atoms. The number of nitrogens with two attached hydrogens (primary N) is 2. The van der Waals surface area contributed by atoms with Gasteiger partial charge in [0.1, 0.15) is 18.7 Å². The number of β-amino-alcohol motifs (C(OH)–C–C–N with tert-alkyl or cyclic N) is 1. The molecule has 1 aromatic heterocycles. The average molecular weight is 817 g/mol. The number of carbonyl (C=O) groups is 4. The Morgan fingerprint density at radius 3 is 2.38 bits per heavy atom. The fourth-order valence-electron chi connectivity index (χ4n) is 6.74. The van der Waals surface area contributed by atoms with Crippen LogP contribution in [0.2, 0.25) is 0 Å². The van der Waals surface area contributed by atoms with E-state index in [1.54, 1.807) is 23.5 Å². The number of unbranched alkanes of at least 4 members (excludes halogenated alkanes) is 2. The number of aromatic nitrogens is 1. The number of aryl methyl sites for hydroxylation is 2. The fourth-order valence-corrected chi connectivity index (χ4v) is 7.55. The van der Waals surface area contributed by atoms with Gasteiger partial charge in [-0.3, -0.25) is 19.2 Å². The summed E-state index contributed by atoms with van der Waals surface area (Å²) in [5.74, 6) is -1.90. The monoisotopic (exact) mass is 816 g/mol. The van der Waals surface area contributed by atoms with Crippen molar-refractivity contribution >= 4 is 47.4 Å². The second-order valence-corrected chi connectivity index (χ2v) is 16.5. The topological polar surface area (TPSA) is 190 Å². The number of nitrogens with zero attached hydrogens (tertiary/aromatic N) is 2. The van der Waals surface area contributed by atoms with Gasteiger partial charge in [-0.15, -0.1) is 23.7 Å². The third kappa shape index (κ3) is 12.7. The van der Waals surface area contributed by atoms with Crippen molar-refractivity contribution in [3.05, 3.63) is 70.1 Å². The highest BCUT2D eigenvalue weighted by molar-refractivity contribution is 7.13. The minimum Gasteiger partial charge on any atom is -0.489 e. The summed E-state index contributed by atoms with van der Waals surface area (Å²) in [5.41, 5.74) is 16.5. The number of hydrogen-bond donors (Lipinski definition) is 5. The van der Waals surface area contributed by atoms with Gasteiger partial charge in [-0.2, -0.15) is 0 Å². The second kappa shape index (κ2) is 20.9. The van der Waals surface area contributed by atoms with E-state index in [4.69, 9.17) is 16.2 Å². The number of halogens is 2. The Morgan fingerprint density at radius 1 is 1.05 bits per heavy atom. The Bertz CT molecular complexity index is 1800. The lowest BCUT2D eigenvalue weighted by Crippen LogP contribution is -2.57. The fraction of sp³-hybridized carbons (Fsp3) is 0.537. The van der Waals surface area contributed by atoms with Crippen molar-refractivity contribution in [1.29, 1.82) is 0 Å². The van der Waals surface area contributed by atoms with E-state index in [-0.39, 0.29) is 68.4 Å². The predicted octanol–water partition coefficient (Wildman–Crippen LogP) is 5.43. The second-order valence-electron chi connectivity index (χ2n) is 15.7. The van der Waals surface area contributed by atoms with Crippen LogP contribution in [-0.4, -0.2) is 76.0 Å². The van der Waals surface area contributed by atoms with E-state index in [0.29, 0.717) is 37.7 Å². The van der Waals surface area contributed by atoms with Gasteiger partial charge in [0.05, 0.1) is 28.2 Å². The van der Waals surface area contributed by atoms with Crippen LogP contribution in [0.1, 0.15) is 101 Å². The van der Waals surface area contributed by atoms with Crippen molar-refractivity contribution in [3.63, 3.8) is 0 Å². The lowest BCUT2D eigenvalue weighted by Gasteiger charge is -2.35. The first-order valence-electron chi connectivity index (χ1n) is 19.0. The Morgan fingerprint density at radius 2 is 1.75 bits per heavy atom. The maximum Gasteiger partial charge on any atom is 0.246 e. The Labute approximate surface area is 339 Å². The molecule has 7 N–H and O–H groups in total. The summed E-state index contributed by atoms with van der Waals surface area (Å²) in [4.78, 5) is 58.6. The van der Waals surface area contributed by atoms with E-state index in [2.05, 4.69) is 15.6 Å². The van der Waals surface area contributed by atoms with E-state index >= 15 is 4.39 Å². The number of nitrogens with one attached hydrogen (secondary N) is 2. The van der Waals surface area contributed by atoms with Crippen LogP contribution in [0, 0.1) is 25.1 Å². The SMILES string of the molecule is Cc1ccc(OC[C@@H](N)CCC(N)=O)c(F)c1CCCCCC(=O)N[C@H](C(=O)N1C[C@H](O)C[C@H]1C(=O)N[C@@H](C)c1ccc(-c2scnc2C)cc1)C(C)(C)C.Cl. The van der Waals surface area contributed by atoms with Crippen LogP contribution in [0.3, 0.4) is 0 Å². The molecule has 1 aliphatic heterocycles. The zero-order valence-corrected chi connectivity index (χ0v) is 34.9. The number of hydrogen-bond acceptors (Lipinski definition) is 9. The number of aliphatic hydroxyl groups excluding tert-OH is 1. The van der Waals surface area contributed by atoms with Crippen molar-refractivity contribution in [3.8, 4) is 16.2 Å². The molecule has 308 valence electrons. The van der Waals surface area contributed by atoms with Gasteiger partial charge >= 0.3 is 0 Å². The molecular formula is C41H58ClFN6O6S. The smallest absolute Gasteiger partial charge is 0.246 e. The molecule has 1 aliphatic rings. The molecule has 56 heavy (non-hydrogen) atoms. The van der Waals surface area contributed by atoms with Crippen LogP contribution in [-0.2, 0) is 25.6 Å². The molecule has 15 heteroatoms. The molecule has 2 aromatic carbocycles. The minimum absolute atomic E-state index is 0. The maximum atomic E-state index is 15.3. The molecule has 0 saturated carbocycles. The Balaban J connectivity index is 0.00000841. The zero-order valence-electron chi connectivity index (χ0n) is 33.2. The van der Waals surface area contributed by atoms with Gasteiger partial charge in [0.2, 0.25) is 23.6 Å². The molecular weight excluding hydrogens is 759 g/mol. The maximum absolute atomic E-state index is 15.3. The van der Waals surface area contributed by atoms with Gasteiger partial charge in [-0.25, -0.2) is 9.37 Å². The van der Waals surface area contributed by atoms with Gasteiger partial charge in [-0.1, -0.05) is 57.5 Å². The number of ether oxygens (including phenoxy) is 1. The molecule has 0 unspecified atom stereocenters. The normalized spacial score (nSPS) is 17.1. The number of likely N-dealkylation sites (tertiary alicyclic amines) is 1. The number of primary amides is 1. The third-order valence-electron chi connectivity index (χ3n) is 10.0. The number of rotatable bonds is 18. The first-order chi connectivity index (χ1) is 26.0. The van der Waals surface area contributed by atoms with Gasteiger partial charge in [-0.05, 0) is 80.2 Å². The van der Waals surface area contributed by atoms with Crippen LogP contribution in [0.5, 0.6) is 5.75 Å². The molecule has 4 amide bonds. The Kier molecular flexibility index (Phi) is 17.3. The zero-order chi connectivity index (χ0) is 40.4. The van der Waals surface area contributed by atoms with Crippen LogP contribution < -0.4 is 26.8 Å². The predicted molar refractivity (Wildman–Crippen MR) is 219 cm³/mol. The van der Waals surface area contributed by atoms with Crippen molar-refractivity contribution in [2.24, 2.45) is 16.9 Å². The van der Waals surface area contributed by atoms with Crippen LogP contribution in [0.4, 0.5) is 4.39 Å². The first-order valence-corrected chi connectivity index (χ1v) is 19.9. The average Bonchev–Trinajstić information content (AvgIpc) is 3.74. The molecule has 3 aromatic rings. The summed E-state index contributed by atoms with van der Waals surface area (Å²) in [6, 6.07) is 8.64. The lowest BCUT2D eigenvalue weighted by molar-refractivity contribution is -0.144. The summed E-state index contributed by atoms with van der Waals surface area (Å²) in [6.07, 6.45) is 2.11. The van der Waals surface area contributed by atoms with Crippen molar-refractivity contribution in [2.45, 2.75) is 123 Å². The minimum atomic E-state index is -0.927. The van der Waals surface area contributed by atoms with E-state index in [1.807, 2.05) is 71.3 Å². The third-order valence-corrected chi connectivity index (χ3v) is 11.0. The van der Waals surface area contributed by atoms with Crippen LogP contribution >= 0.6 is 23.7 Å². The highest BCUT2D eigenvalue weighted by Crippen LogP contribution is 2.30. The molecule has 1 fully saturated rings. The molecule has 0 radical (unpaired) electrons. The molecule has 0 aliphatic carbocycles. The van der Waals surface area contributed by atoms with Crippen molar-refractivity contribution in [2.75, 3.05) is 13.2 Å². The largest absolute Gasteiger partial charge is 0.489 e. The molecule has 0 bridgehead atoms. The standard InChI is InChI=1S/C41H57FN6O6S.ClH/c1-24-12-18-33(54-22-29(43)17-19-34(44)50)36(42)31(24)10-8-7-9-11-35(51)47-38(41(4,5)6)40(53)48-21-30(49)20-32(48)39(52)46-25(2)27-13-15-28(16-14-27)37-26(3)45-23-55-37;/h12-16,18,23,25,29-30,32,38,49H,7-11,17,19-22,43H2,1-6H3,(H2,44,50)(H,46,52)(H,47,51);1H/t25-,29-,30+,32-,38+;/m0./s1. The molecule has 5 atom stereocenters. The van der Waals surface area contributed by atoms with Gasteiger partial charge < -0.3 is 36.8 Å². The quantitative estimate of drug-likeness (QED) is 0.105. The summed E-state index contributed by atoms with van der Waals surface area (Å²) < 4.78 is 20.9. The summed E-state index contributed by atoms with van der Waals surface area (Å²) in [7, 11) is 0. The summed E-state index contributed by atoms with van der Waals surface area (Å²) >= 11 is 1.57. The number of aliphatic hydroxyl groups is 1. The Hall–Kier alpha value is -4.11. The van der Waals surface area contributed by atoms with E-state index < -0.39 is 47.3 Å². The molecule has 2 heterocycles. The van der Waals surface area contributed by atoms with Crippen molar-refractivity contribution in [1.82, 2.24) is 20.5 Å². The van der Waals surface area contributed by atoms with E-state index in [9.17, 15) is 24.3 Å². The molecule has 4 rings (SSSR count). The number of thiazole rings is 1. The van der Waals surface area contributed by atoms with Crippen molar-refractivity contribution < 1.29 is 33.4 Å². The van der Waals surface area contributed by atoms with E-state index in [0.717, 1.165) is 27.3 Å². The lowest BCUT2D eigenvalue weighted by atomic mass is 9.85. The van der Waals surface area contributed by atoms with E-state index in [1.165, 1.54) is 4.90 Å². The van der Waals surface area contributed by atoms with Gasteiger partial charge in [0.15, 0.2) is 11.6 Å².